The van der Waals surface area contributed by atoms with Gasteiger partial charge in [0.15, 0.2) is 5.69 Å². The van der Waals surface area contributed by atoms with Gasteiger partial charge in [-0.2, -0.15) is 24.9 Å². The third-order valence-corrected chi connectivity index (χ3v) is 4.56. The van der Waals surface area contributed by atoms with E-state index in [0.29, 0.717) is 5.25 Å². The summed E-state index contributed by atoms with van der Waals surface area (Å²) in [5.41, 5.74) is -1.02. The third kappa shape index (κ3) is 4.15. The van der Waals surface area contributed by atoms with E-state index in [2.05, 4.69) is 21.5 Å². The minimum atomic E-state index is -4.52. The minimum absolute atomic E-state index is 0.133. The van der Waals surface area contributed by atoms with Crippen molar-refractivity contribution in [2.45, 2.75) is 43.2 Å². The van der Waals surface area contributed by atoms with Crippen LogP contribution in [0.4, 0.5) is 19.0 Å². The highest BCUT2D eigenvalue weighted by atomic mass is 35.5. The Balaban J connectivity index is 2.11. The van der Waals surface area contributed by atoms with Gasteiger partial charge in [-0.15, -0.1) is 0 Å². The summed E-state index contributed by atoms with van der Waals surface area (Å²) < 4.78 is 38.0. The smallest absolute Gasteiger partial charge is 0.367 e. The van der Waals surface area contributed by atoms with Crippen LogP contribution in [0.2, 0.25) is 5.28 Å². The van der Waals surface area contributed by atoms with Crippen molar-refractivity contribution in [3.63, 3.8) is 0 Å². The number of rotatable bonds is 3. The molecule has 1 aromatic rings. The van der Waals surface area contributed by atoms with E-state index < -0.39 is 11.9 Å². The van der Waals surface area contributed by atoms with Gasteiger partial charge in [0.2, 0.25) is 5.28 Å². The molecule has 1 fully saturated rings. The monoisotopic (exact) mass is 325 g/mol. The Labute approximate surface area is 124 Å². The van der Waals surface area contributed by atoms with Crippen LogP contribution >= 0.6 is 23.4 Å². The molecular formula is C12H15ClF3N3S. The Morgan fingerprint density at radius 3 is 2.75 bits per heavy atom. The van der Waals surface area contributed by atoms with E-state index in [1.165, 1.54) is 0 Å². The first kappa shape index (κ1) is 15.7. The van der Waals surface area contributed by atoms with Crippen LogP contribution in [0.3, 0.4) is 0 Å². The highest BCUT2D eigenvalue weighted by Gasteiger charge is 2.34. The maximum atomic E-state index is 12.7. The summed E-state index contributed by atoms with van der Waals surface area (Å²) in [6.45, 7) is 0. The van der Waals surface area contributed by atoms with Crippen molar-refractivity contribution in [2.75, 3.05) is 11.6 Å². The molecule has 2 atom stereocenters. The number of nitrogens with zero attached hydrogens (tertiary/aromatic N) is 2. The molecule has 2 unspecified atom stereocenters. The Morgan fingerprint density at radius 2 is 2.10 bits per heavy atom. The maximum Gasteiger partial charge on any atom is 0.433 e. The van der Waals surface area contributed by atoms with Crippen molar-refractivity contribution >= 4 is 29.2 Å². The van der Waals surface area contributed by atoms with Crippen LogP contribution in [0.15, 0.2) is 6.07 Å². The van der Waals surface area contributed by atoms with Crippen molar-refractivity contribution in [3.05, 3.63) is 17.0 Å². The highest BCUT2D eigenvalue weighted by molar-refractivity contribution is 7.99. The summed E-state index contributed by atoms with van der Waals surface area (Å²) in [5, 5.41) is 3.20. The van der Waals surface area contributed by atoms with Crippen molar-refractivity contribution in [1.29, 1.82) is 0 Å². The molecule has 0 aliphatic heterocycles. The van der Waals surface area contributed by atoms with Crippen LogP contribution in [-0.2, 0) is 6.18 Å². The van der Waals surface area contributed by atoms with Crippen molar-refractivity contribution in [3.8, 4) is 0 Å². The molecule has 1 aromatic heterocycles. The predicted molar refractivity (Wildman–Crippen MR) is 75.2 cm³/mol. The molecule has 1 N–H and O–H groups in total. The van der Waals surface area contributed by atoms with E-state index in [9.17, 15) is 13.2 Å². The number of halogens is 4. The summed E-state index contributed by atoms with van der Waals surface area (Å²) in [6.07, 6.45) is 1.60. The van der Waals surface area contributed by atoms with E-state index in [4.69, 9.17) is 11.6 Å². The average Bonchev–Trinajstić information content (AvgIpc) is 2.37. The number of thioether (sulfide) groups is 1. The normalized spacial score (nSPS) is 23.6. The summed E-state index contributed by atoms with van der Waals surface area (Å²) in [7, 11) is 0. The van der Waals surface area contributed by atoms with E-state index >= 15 is 0 Å². The van der Waals surface area contributed by atoms with Gasteiger partial charge < -0.3 is 5.32 Å². The van der Waals surface area contributed by atoms with E-state index in [-0.39, 0.29) is 17.1 Å². The molecule has 20 heavy (non-hydrogen) atoms. The maximum absolute atomic E-state index is 12.7. The SMILES string of the molecule is CSC1CCCC(Nc2cc(C(F)(F)F)nc(Cl)n2)C1. The van der Waals surface area contributed by atoms with Crippen LogP contribution < -0.4 is 5.32 Å². The lowest BCUT2D eigenvalue weighted by atomic mass is 9.95. The average molecular weight is 326 g/mol. The molecule has 1 saturated carbocycles. The van der Waals surface area contributed by atoms with Gasteiger partial charge in [0.25, 0.3) is 0 Å². The fourth-order valence-corrected chi connectivity index (χ4v) is 3.35. The van der Waals surface area contributed by atoms with Crippen LogP contribution in [0.1, 0.15) is 31.4 Å². The minimum Gasteiger partial charge on any atom is -0.367 e. The molecule has 112 valence electrons. The van der Waals surface area contributed by atoms with E-state index in [0.717, 1.165) is 31.7 Å². The summed E-state index contributed by atoms with van der Waals surface area (Å²) in [6, 6.07) is 1.04. The van der Waals surface area contributed by atoms with Crippen LogP contribution in [0.25, 0.3) is 0 Å². The summed E-state index contributed by atoms with van der Waals surface area (Å²) in [5.74, 6) is 0.143. The number of nitrogens with one attached hydrogen (secondary N) is 1. The van der Waals surface area contributed by atoms with E-state index in [1.54, 1.807) is 11.8 Å². The molecule has 8 heteroatoms. The molecule has 0 aromatic carbocycles. The predicted octanol–water partition coefficient (Wildman–Crippen LogP) is 4.23. The largest absolute Gasteiger partial charge is 0.433 e. The lowest BCUT2D eigenvalue weighted by molar-refractivity contribution is -0.141. The Bertz CT molecular complexity index is 470. The Kier molecular flexibility index (Phi) is 5.01. The first-order valence-electron chi connectivity index (χ1n) is 6.29. The van der Waals surface area contributed by atoms with Gasteiger partial charge in [0, 0.05) is 17.4 Å². The molecule has 0 spiro atoms. The summed E-state index contributed by atoms with van der Waals surface area (Å²) in [4.78, 5) is 7.04. The zero-order chi connectivity index (χ0) is 14.8. The molecule has 1 aliphatic rings. The highest BCUT2D eigenvalue weighted by Crippen LogP contribution is 2.32. The molecule has 1 aliphatic carbocycles. The van der Waals surface area contributed by atoms with Crippen LogP contribution in [-0.4, -0.2) is 27.5 Å². The molecule has 0 radical (unpaired) electrons. The zero-order valence-corrected chi connectivity index (χ0v) is 12.4. The second kappa shape index (κ2) is 6.39. The third-order valence-electron chi connectivity index (χ3n) is 3.30. The topological polar surface area (TPSA) is 37.8 Å². The number of alkyl halides is 3. The van der Waals surface area contributed by atoms with E-state index in [1.807, 2.05) is 0 Å². The van der Waals surface area contributed by atoms with Crippen molar-refractivity contribution in [1.82, 2.24) is 9.97 Å². The quantitative estimate of drug-likeness (QED) is 0.844. The summed E-state index contributed by atoms with van der Waals surface area (Å²) >= 11 is 7.36. The fraction of sp³-hybridized carbons (Fsp3) is 0.667. The molecule has 3 nitrogen and oxygen atoms in total. The molecule has 0 amide bonds. The van der Waals surface area contributed by atoms with Crippen LogP contribution in [0, 0.1) is 0 Å². The second-order valence-electron chi connectivity index (χ2n) is 4.77. The van der Waals surface area contributed by atoms with Gasteiger partial charge in [-0.1, -0.05) is 6.42 Å². The number of aromatic nitrogens is 2. The first-order chi connectivity index (χ1) is 9.38. The molecule has 1 heterocycles. The lowest BCUT2D eigenvalue weighted by Crippen LogP contribution is -2.29. The number of hydrogen-bond acceptors (Lipinski definition) is 4. The van der Waals surface area contributed by atoms with Gasteiger partial charge in [0.05, 0.1) is 0 Å². The molecule has 2 rings (SSSR count). The number of anilines is 1. The van der Waals surface area contributed by atoms with Gasteiger partial charge >= 0.3 is 6.18 Å². The second-order valence-corrected chi connectivity index (χ2v) is 6.25. The van der Waals surface area contributed by atoms with Crippen LogP contribution in [0.5, 0.6) is 0 Å². The fourth-order valence-electron chi connectivity index (χ4n) is 2.34. The van der Waals surface area contributed by atoms with Gasteiger partial charge in [-0.25, -0.2) is 9.97 Å². The number of hydrogen-bond donors (Lipinski definition) is 1. The van der Waals surface area contributed by atoms with Gasteiger partial charge in [-0.05, 0) is 37.1 Å². The van der Waals surface area contributed by atoms with Crippen molar-refractivity contribution in [2.24, 2.45) is 0 Å². The van der Waals surface area contributed by atoms with Gasteiger partial charge in [-0.3, -0.25) is 0 Å². The molecule has 0 saturated heterocycles. The molecule has 0 bridgehead atoms. The Morgan fingerprint density at radius 1 is 1.35 bits per heavy atom. The first-order valence-corrected chi connectivity index (χ1v) is 7.96. The lowest BCUT2D eigenvalue weighted by Gasteiger charge is -2.29. The standard InChI is InChI=1S/C12H15ClF3N3S/c1-20-8-4-2-3-7(5-8)17-10-6-9(12(14,15)16)18-11(13)19-10/h6-8H,2-5H2,1H3,(H,17,18,19). The van der Waals surface area contributed by atoms with Crippen molar-refractivity contribution < 1.29 is 13.2 Å². The molecular weight excluding hydrogens is 311 g/mol. The van der Waals surface area contributed by atoms with Gasteiger partial charge in [0.1, 0.15) is 5.82 Å². The zero-order valence-electron chi connectivity index (χ0n) is 10.9. The Hall–Kier alpha value is -0.690.